The third kappa shape index (κ3) is 2.41. The summed E-state index contributed by atoms with van der Waals surface area (Å²) in [4.78, 5) is 12.8. The highest BCUT2D eigenvalue weighted by Crippen LogP contribution is 2.32. The van der Waals surface area contributed by atoms with E-state index in [-0.39, 0.29) is 18.7 Å². The minimum atomic E-state index is -4.74. The van der Waals surface area contributed by atoms with Crippen molar-refractivity contribution in [1.82, 2.24) is 0 Å². The number of benzene rings is 1. The van der Waals surface area contributed by atoms with E-state index in [9.17, 15) is 17.1 Å². The Hall–Kier alpha value is -1.34. The van der Waals surface area contributed by atoms with Crippen molar-refractivity contribution in [2.75, 3.05) is 17.2 Å². The molecule has 1 atom stereocenters. The average molecular weight is 293 g/mol. The van der Waals surface area contributed by atoms with Crippen LogP contribution in [0.25, 0.3) is 0 Å². The second-order valence-corrected chi connectivity index (χ2v) is 6.06. The van der Waals surface area contributed by atoms with Crippen molar-refractivity contribution in [3.05, 3.63) is 23.2 Å². The number of carbonyl (C=O) groups excluding carboxylic acids is 1. The topological polar surface area (TPSA) is 80.5 Å². The zero-order valence-corrected chi connectivity index (χ0v) is 10.7. The van der Waals surface area contributed by atoms with Crippen LogP contribution < -0.4 is 10.6 Å². The first kappa shape index (κ1) is 13.1. The monoisotopic (exact) mass is 292 g/mol. The summed E-state index contributed by atoms with van der Waals surface area (Å²) in [7, 11) is -4.74. The largest absolute Gasteiger partial charge is 0.397 e. The van der Waals surface area contributed by atoms with Crippen LogP contribution in [-0.4, -0.2) is 26.1 Å². The Morgan fingerprint density at radius 1 is 1.44 bits per heavy atom. The second kappa shape index (κ2) is 4.40. The molecule has 1 saturated heterocycles. The predicted octanol–water partition coefficient (Wildman–Crippen LogP) is 1.33. The van der Waals surface area contributed by atoms with Crippen molar-refractivity contribution in [2.24, 2.45) is 0 Å². The van der Waals surface area contributed by atoms with Crippen LogP contribution in [0.15, 0.2) is 18.2 Å². The van der Waals surface area contributed by atoms with E-state index in [0.29, 0.717) is 10.7 Å². The normalized spacial score (nSPS) is 20.4. The van der Waals surface area contributed by atoms with Crippen LogP contribution in [0.4, 0.5) is 15.3 Å². The highest BCUT2D eigenvalue weighted by Gasteiger charge is 2.39. The van der Waals surface area contributed by atoms with E-state index >= 15 is 0 Å². The van der Waals surface area contributed by atoms with Crippen LogP contribution in [0.1, 0.15) is 6.42 Å². The van der Waals surface area contributed by atoms with E-state index in [1.165, 1.54) is 12.1 Å². The van der Waals surface area contributed by atoms with Crippen LogP contribution in [0.2, 0.25) is 5.02 Å². The third-order valence-corrected chi connectivity index (χ3v) is 4.12. The molecule has 5 nitrogen and oxygen atoms in total. The van der Waals surface area contributed by atoms with E-state index in [1.807, 2.05) is 0 Å². The first-order valence-electron chi connectivity index (χ1n) is 5.08. The Morgan fingerprint density at radius 2 is 2.11 bits per heavy atom. The molecule has 0 aliphatic carbocycles. The van der Waals surface area contributed by atoms with Crippen molar-refractivity contribution in [3.8, 4) is 0 Å². The standard InChI is InChI=1S/C10H10ClFN2O3S/c11-6-1-2-8(13)9(3-6)14-5-7(4-10(14)15)18(12,16)17/h1-3,7H,4-5,13H2. The van der Waals surface area contributed by atoms with Gasteiger partial charge in [-0.2, -0.15) is 8.42 Å². The highest BCUT2D eigenvalue weighted by molar-refractivity contribution is 7.87. The number of halogens is 2. The third-order valence-electron chi connectivity index (χ3n) is 2.77. The Kier molecular flexibility index (Phi) is 3.20. The van der Waals surface area contributed by atoms with Gasteiger partial charge in [0, 0.05) is 18.0 Å². The Morgan fingerprint density at radius 3 is 2.67 bits per heavy atom. The van der Waals surface area contributed by atoms with Crippen LogP contribution in [0.5, 0.6) is 0 Å². The van der Waals surface area contributed by atoms with Gasteiger partial charge in [-0.25, -0.2) is 0 Å². The molecule has 1 aromatic rings. The Bertz CT molecular complexity index is 605. The lowest BCUT2D eigenvalue weighted by Crippen LogP contribution is -2.27. The molecule has 0 radical (unpaired) electrons. The number of carbonyl (C=O) groups is 1. The van der Waals surface area contributed by atoms with Gasteiger partial charge in [0.2, 0.25) is 5.91 Å². The molecule has 2 N–H and O–H groups in total. The molecule has 1 aliphatic rings. The molecular formula is C10H10ClFN2O3S. The molecule has 1 heterocycles. The minimum absolute atomic E-state index is 0.248. The van der Waals surface area contributed by atoms with Crippen LogP contribution in [-0.2, 0) is 15.0 Å². The van der Waals surface area contributed by atoms with E-state index in [2.05, 4.69) is 0 Å². The SMILES string of the molecule is Nc1ccc(Cl)cc1N1CC(S(=O)(=O)F)CC1=O. The molecule has 98 valence electrons. The minimum Gasteiger partial charge on any atom is -0.397 e. The molecular weight excluding hydrogens is 283 g/mol. The summed E-state index contributed by atoms with van der Waals surface area (Å²) in [6.07, 6.45) is -0.384. The lowest BCUT2D eigenvalue weighted by molar-refractivity contribution is -0.117. The van der Waals surface area contributed by atoms with E-state index in [1.54, 1.807) is 6.07 Å². The van der Waals surface area contributed by atoms with Crippen molar-refractivity contribution >= 4 is 39.1 Å². The van der Waals surface area contributed by atoms with Crippen molar-refractivity contribution in [3.63, 3.8) is 0 Å². The van der Waals surface area contributed by atoms with Gasteiger partial charge in [0.15, 0.2) is 0 Å². The van der Waals surface area contributed by atoms with Gasteiger partial charge in [-0.05, 0) is 18.2 Å². The molecule has 0 saturated carbocycles. The molecule has 1 fully saturated rings. The maximum atomic E-state index is 12.9. The first-order valence-corrected chi connectivity index (χ1v) is 6.90. The Balaban J connectivity index is 2.35. The van der Waals surface area contributed by atoms with Crippen LogP contribution in [0, 0.1) is 0 Å². The zero-order chi connectivity index (χ0) is 13.5. The molecule has 8 heteroatoms. The lowest BCUT2D eigenvalue weighted by atomic mass is 10.2. The average Bonchev–Trinajstić information content (AvgIpc) is 2.64. The molecule has 0 bridgehead atoms. The number of hydrogen-bond donors (Lipinski definition) is 1. The summed E-state index contributed by atoms with van der Waals surface area (Å²) in [5, 5.41) is -0.984. The molecule has 1 aliphatic heterocycles. The number of nitrogen functional groups attached to an aromatic ring is 1. The molecule has 1 unspecified atom stereocenters. The predicted molar refractivity (Wildman–Crippen MR) is 66.7 cm³/mol. The molecule has 0 aromatic heterocycles. The van der Waals surface area contributed by atoms with Crippen LogP contribution in [0.3, 0.4) is 0 Å². The zero-order valence-electron chi connectivity index (χ0n) is 9.14. The first-order chi connectivity index (χ1) is 8.29. The summed E-state index contributed by atoms with van der Waals surface area (Å²) in [5.41, 5.74) is 6.28. The van der Waals surface area contributed by atoms with E-state index < -0.39 is 21.4 Å². The lowest BCUT2D eigenvalue weighted by Gasteiger charge is -2.18. The van der Waals surface area contributed by atoms with Crippen molar-refractivity contribution in [1.29, 1.82) is 0 Å². The summed E-state index contributed by atoms with van der Waals surface area (Å²) in [5.74, 6) is -0.491. The smallest absolute Gasteiger partial charge is 0.307 e. The number of nitrogens with zero attached hydrogens (tertiary/aromatic N) is 1. The van der Waals surface area contributed by atoms with Gasteiger partial charge < -0.3 is 10.6 Å². The summed E-state index contributed by atoms with van der Waals surface area (Å²) in [6.45, 7) is -0.248. The fourth-order valence-corrected chi connectivity index (χ4v) is 2.68. The molecule has 0 spiro atoms. The summed E-state index contributed by atoms with van der Waals surface area (Å²) >= 11 is 5.78. The molecule has 18 heavy (non-hydrogen) atoms. The van der Waals surface area contributed by atoms with E-state index in [4.69, 9.17) is 17.3 Å². The van der Waals surface area contributed by atoms with Crippen molar-refractivity contribution in [2.45, 2.75) is 11.7 Å². The fourth-order valence-electron chi connectivity index (χ4n) is 1.85. The summed E-state index contributed by atoms with van der Waals surface area (Å²) in [6, 6.07) is 4.49. The van der Waals surface area contributed by atoms with Gasteiger partial charge >= 0.3 is 10.2 Å². The maximum Gasteiger partial charge on any atom is 0.307 e. The molecule has 1 amide bonds. The number of nitrogens with two attached hydrogens (primary N) is 1. The fraction of sp³-hybridized carbons (Fsp3) is 0.300. The number of rotatable bonds is 2. The second-order valence-electron chi connectivity index (χ2n) is 4.01. The van der Waals surface area contributed by atoms with Gasteiger partial charge in [-0.15, -0.1) is 3.89 Å². The van der Waals surface area contributed by atoms with Gasteiger partial charge in [-0.1, -0.05) is 11.6 Å². The highest BCUT2D eigenvalue weighted by atomic mass is 35.5. The van der Waals surface area contributed by atoms with Gasteiger partial charge in [0.05, 0.1) is 11.4 Å². The van der Waals surface area contributed by atoms with Gasteiger partial charge in [-0.3, -0.25) is 4.79 Å². The molecule has 2 rings (SSSR count). The Labute approximate surface area is 109 Å². The molecule has 1 aromatic carbocycles. The van der Waals surface area contributed by atoms with Gasteiger partial charge in [0.25, 0.3) is 0 Å². The number of anilines is 2. The summed E-state index contributed by atoms with van der Waals surface area (Å²) < 4.78 is 34.5. The van der Waals surface area contributed by atoms with Crippen LogP contribution >= 0.6 is 11.6 Å². The number of hydrogen-bond acceptors (Lipinski definition) is 4. The maximum absolute atomic E-state index is 12.9. The quantitative estimate of drug-likeness (QED) is 0.658. The van der Waals surface area contributed by atoms with Crippen molar-refractivity contribution < 1.29 is 17.1 Å². The number of amides is 1. The van der Waals surface area contributed by atoms with Gasteiger partial charge in [0.1, 0.15) is 5.25 Å². The van der Waals surface area contributed by atoms with E-state index in [0.717, 1.165) is 4.90 Å².